The van der Waals surface area contributed by atoms with Crippen LogP contribution in [0.1, 0.15) is 22.1 Å². The van der Waals surface area contributed by atoms with Gasteiger partial charge in [0.2, 0.25) is 0 Å². The molecule has 2 rings (SSSR count). The fourth-order valence-electron chi connectivity index (χ4n) is 1.50. The Hall–Kier alpha value is -0.0600. The fraction of sp³-hybridized carbons (Fsp3) is 0.167. The molecule has 1 aromatic carbocycles. The largest absolute Gasteiger partial charge is 0.383 e. The highest BCUT2D eigenvalue weighted by atomic mass is 79.9. The van der Waals surface area contributed by atoms with Crippen molar-refractivity contribution in [2.45, 2.75) is 13.0 Å². The van der Waals surface area contributed by atoms with Gasteiger partial charge < -0.3 is 5.11 Å². The molecule has 1 nitrogen and oxygen atoms in total. The Morgan fingerprint density at radius 2 is 2.00 bits per heavy atom. The van der Waals surface area contributed by atoms with Gasteiger partial charge in [-0.1, -0.05) is 23.2 Å². The quantitative estimate of drug-likeness (QED) is 0.787. The van der Waals surface area contributed by atoms with Gasteiger partial charge >= 0.3 is 0 Å². The molecule has 0 saturated heterocycles. The van der Waals surface area contributed by atoms with Crippen molar-refractivity contribution in [3.05, 3.63) is 54.1 Å². The summed E-state index contributed by atoms with van der Waals surface area (Å²) in [7, 11) is 0. The second-order valence-electron chi connectivity index (χ2n) is 3.67. The Bertz CT molecular complexity index is 534. The van der Waals surface area contributed by atoms with Crippen LogP contribution in [0.3, 0.4) is 0 Å². The summed E-state index contributed by atoms with van der Waals surface area (Å²) in [4.78, 5) is 0.846. The van der Waals surface area contributed by atoms with Crippen molar-refractivity contribution in [2.75, 3.05) is 0 Å². The Kier molecular flexibility index (Phi) is 4.16. The van der Waals surface area contributed by atoms with Crippen molar-refractivity contribution in [2.24, 2.45) is 0 Å². The number of aryl methyl sites for hydroxylation is 1. The Balaban J connectivity index is 2.42. The van der Waals surface area contributed by atoms with E-state index in [1.807, 2.05) is 13.0 Å². The summed E-state index contributed by atoms with van der Waals surface area (Å²) in [5.41, 5.74) is 1.73. The fourth-order valence-corrected chi connectivity index (χ4v) is 3.47. The van der Waals surface area contributed by atoms with E-state index in [0.717, 1.165) is 14.2 Å². The minimum absolute atomic E-state index is 0.518. The standard InChI is InChI=1S/C12H9BrCl2OS/c1-6-4-10(17-12(6)13)11(16)8-5-7(14)2-3-9(8)15/h2-5,11,16H,1H3. The van der Waals surface area contributed by atoms with Crippen molar-refractivity contribution in [1.82, 2.24) is 0 Å². The van der Waals surface area contributed by atoms with Crippen LogP contribution >= 0.6 is 50.5 Å². The van der Waals surface area contributed by atoms with Gasteiger partial charge in [-0.2, -0.15) is 0 Å². The van der Waals surface area contributed by atoms with Gasteiger partial charge in [-0.3, -0.25) is 0 Å². The molecule has 1 atom stereocenters. The van der Waals surface area contributed by atoms with Crippen LogP contribution in [0.15, 0.2) is 28.1 Å². The molecule has 0 spiro atoms. The summed E-state index contributed by atoms with van der Waals surface area (Å²) < 4.78 is 1.02. The summed E-state index contributed by atoms with van der Waals surface area (Å²) in [6.07, 6.45) is -0.740. The van der Waals surface area contributed by atoms with E-state index in [0.29, 0.717) is 15.6 Å². The van der Waals surface area contributed by atoms with Crippen LogP contribution < -0.4 is 0 Å². The first-order valence-electron chi connectivity index (χ1n) is 4.88. The maximum atomic E-state index is 10.3. The minimum Gasteiger partial charge on any atom is -0.383 e. The highest BCUT2D eigenvalue weighted by molar-refractivity contribution is 9.11. The molecule has 1 aromatic heterocycles. The first-order chi connectivity index (χ1) is 7.99. The highest BCUT2D eigenvalue weighted by Gasteiger charge is 2.17. The average molecular weight is 352 g/mol. The summed E-state index contributed by atoms with van der Waals surface area (Å²) in [5.74, 6) is 0. The first kappa shape index (κ1) is 13.4. The summed E-state index contributed by atoms with van der Waals surface area (Å²) in [6, 6.07) is 7.03. The molecule has 17 heavy (non-hydrogen) atoms. The van der Waals surface area contributed by atoms with E-state index in [1.165, 1.54) is 11.3 Å². The zero-order chi connectivity index (χ0) is 12.6. The topological polar surface area (TPSA) is 20.2 Å². The third-order valence-corrected chi connectivity index (χ3v) is 5.17. The van der Waals surface area contributed by atoms with E-state index in [2.05, 4.69) is 15.9 Å². The number of aliphatic hydroxyl groups excluding tert-OH is 1. The molecule has 0 fully saturated rings. The number of rotatable bonds is 2. The maximum absolute atomic E-state index is 10.3. The number of hydrogen-bond donors (Lipinski definition) is 1. The van der Waals surface area contributed by atoms with Gasteiger partial charge in [-0.05, 0) is 52.7 Å². The van der Waals surface area contributed by atoms with Crippen LogP contribution in [0.4, 0.5) is 0 Å². The zero-order valence-electron chi connectivity index (χ0n) is 8.88. The SMILES string of the molecule is Cc1cc(C(O)c2cc(Cl)ccc2Cl)sc1Br. The summed E-state index contributed by atoms with van der Waals surface area (Å²) in [5, 5.41) is 11.4. The molecule has 2 aromatic rings. The average Bonchev–Trinajstić information content (AvgIpc) is 2.62. The lowest BCUT2D eigenvalue weighted by molar-refractivity contribution is 0.224. The lowest BCUT2D eigenvalue weighted by Gasteiger charge is -2.11. The molecule has 5 heteroatoms. The van der Waals surface area contributed by atoms with Gasteiger partial charge in [-0.25, -0.2) is 0 Å². The predicted molar refractivity (Wildman–Crippen MR) is 77.3 cm³/mol. The van der Waals surface area contributed by atoms with E-state index < -0.39 is 6.10 Å². The van der Waals surface area contributed by atoms with Crippen LogP contribution in [-0.4, -0.2) is 5.11 Å². The molecule has 1 unspecified atom stereocenters. The molecule has 0 saturated carbocycles. The highest BCUT2D eigenvalue weighted by Crippen LogP contribution is 2.37. The second kappa shape index (κ2) is 5.29. The molecule has 0 aliphatic heterocycles. The smallest absolute Gasteiger partial charge is 0.115 e. The third kappa shape index (κ3) is 2.85. The van der Waals surface area contributed by atoms with Crippen LogP contribution in [0.25, 0.3) is 0 Å². The zero-order valence-corrected chi connectivity index (χ0v) is 12.8. The monoisotopic (exact) mass is 350 g/mol. The lowest BCUT2D eigenvalue weighted by Crippen LogP contribution is -1.98. The van der Waals surface area contributed by atoms with Gasteiger partial charge in [0.15, 0.2) is 0 Å². The maximum Gasteiger partial charge on any atom is 0.115 e. The van der Waals surface area contributed by atoms with Gasteiger partial charge in [0.25, 0.3) is 0 Å². The van der Waals surface area contributed by atoms with Crippen LogP contribution in [0.2, 0.25) is 10.0 Å². The molecule has 0 radical (unpaired) electrons. The molecule has 1 N–H and O–H groups in total. The predicted octanol–water partition coefficient (Wildman–Crippen LogP) is 5.21. The Labute approximate surface area is 122 Å². The molecule has 0 aliphatic carbocycles. The Morgan fingerprint density at radius 3 is 2.59 bits per heavy atom. The van der Waals surface area contributed by atoms with E-state index in [4.69, 9.17) is 23.2 Å². The van der Waals surface area contributed by atoms with Gasteiger partial charge in [0.05, 0.1) is 3.79 Å². The minimum atomic E-state index is -0.740. The normalized spacial score (nSPS) is 12.8. The number of halogens is 3. The number of thiophene rings is 1. The van der Waals surface area contributed by atoms with Crippen LogP contribution in [-0.2, 0) is 0 Å². The van der Waals surface area contributed by atoms with Crippen LogP contribution in [0, 0.1) is 6.92 Å². The van der Waals surface area contributed by atoms with Crippen molar-refractivity contribution in [3.63, 3.8) is 0 Å². The van der Waals surface area contributed by atoms with E-state index in [9.17, 15) is 5.11 Å². The van der Waals surface area contributed by atoms with Crippen molar-refractivity contribution in [3.8, 4) is 0 Å². The summed E-state index contributed by atoms with van der Waals surface area (Å²) >= 11 is 16.9. The molecule has 0 amide bonds. The van der Waals surface area contributed by atoms with Gasteiger partial charge in [0, 0.05) is 20.5 Å². The van der Waals surface area contributed by atoms with Crippen molar-refractivity contribution in [1.29, 1.82) is 0 Å². The van der Waals surface area contributed by atoms with E-state index >= 15 is 0 Å². The van der Waals surface area contributed by atoms with Gasteiger partial charge in [0.1, 0.15) is 6.10 Å². The lowest BCUT2D eigenvalue weighted by atomic mass is 10.1. The summed E-state index contributed by atoms with van der Waals surface area (Å²) in [6.45, 7) is 1.98. The van der Waals surface area contributed by atoms with Gasteiger partial charge in [-0.15, -0.1) is 11.3 Å². The molecular formula is C12H9BrCl2OS. The van der Waals surface area contributed by atoms with Crippen molar-refractivity contribution < 1.29 is 5.11 Å². The molecule has 0 aliphatic rings. The van der Waals surface area contributed by atoms with E-state index in [1.54, 1.807) is 18.2 Å². The molecule has 0 bridgehead atoms. The number of benzene rings is 1. The molecular weight excluding hydrogens is 343 g/mol. The van der Waals surface area contributed by atoms with Crippen molar-refractivity contribution >= 4 is 50.5 Å². The van der Waals surface area contributed by atoms with Crippen LogP contribution in [0.5, 0.6) is 0 Å². The first-order valence-corrected chi connectivity index (χ1v) is 7.24. The van der Waals surface area contributed by atoms with E-state index in [-0.39, 0.29) is 0 Å². The number of aliphatic hydroxyl groups is 1. The molecule has 1 heterocycles. The second-order valence-corrected chi connectivity index (χ2v) is 6.92. The molecule has 90 valence electrons. The number of hydrogen-bond acceptors (Lipinski definition) is 2. The third-order valence-electron chi connectivity index (χ3n) is 2.40. The Morgan fingerprint density at radius 1 is 1.29 bits per heavy atom.